The molecule has 2 aromatic rings. The number of carbonyl (C=O) groups is 1. The number of aromatic nitrogens is 4. The van der Waals surface area contributed by atoms with Gasteiger partial charge in [0.1, 0.15) is 0 Å². The summed E-state index contributed by atoms with van der Waals surface area (Å²) in [6, 6.07) is 0.231. The summed E-state index contributed by atoms with van der Waals surface area (Å²) in [6.07, 6.45) is 8.69. The second-order valence-electron chi connectivity index (χ2n) is 5.74. The van der Waals surface area contributed by atoms with Crippen molar-refractivity contribution in [2.24, 2.45) is 7.05 Å². The van der Waals surface area contributed by atoms with Gasteiger partial charge in [-0.25, -0.2) is 9.97 Å². The van der Waals surface area contributed by atoms with Crippen molar-refractivity contribution in [3.8, 4) is 0 Å². The standard InChI is InChI=1S/C15H19BrN6O/c1-20-10-11(7-19-20)14(23)21(2)13-3-5-22(6-4-13)15-17-8-12(16)9-18-15/h7-10,13H,3-6H2,1-2H3. The van der Waals surface area contributed by atoms with E-state index in [4.69, 9.17) is 0 Å². The number of halogens is 1. The first-order chi connectivity index (χ1) is 11.0. The van der Waals surface area contributed by atoms with Crippen molar-refractivity contribution in [2.45, 2.75) is 18.9 Å². The van der Waals surface area contributed by atoms with E-state index in [1.807, 2.05) is 19.0 Å². The molecule has 122 valence electrons. The fourth-order valence-corrected chi connectivity index (χ4v) is 3.03. The molecule has 2 aromatic heterocycles. The van der Waals surface area contributed by atoms with Gasteiger partial charge in [0.15, 0.2) is 0 Å². The van der Waals surface area contributed by atoms with Gasteiger partial charge in [-0.3, -0.25) is 9.48 Å². The van der Waals surface area contributed by atoms with E-state index >= 15 is 0 Å². The Bertz CT molecular complexity index is 678. The average molecular weight is 379 g/mol. The van der Waals surface area contributed by atoms with Crippen LogP contribution in [0.3, 0.4) is 0 Å². The summed E-state index contributed by atoms with van der Waals surface area (Å²) in [5, 5.41) is 4.06. The number of hydrogen-bond acceptors (Lipinski definition) is 5. The quantitative estimate of drug-likeness (QED) is 0.813. The lowest BCUT2D eigenvalue weighted by Gasteiger charge is -2.36. The van der Waals surface area contributed by atoms with Crippen LogP contribution in [-0.4, -0.2) is 56.7 Å². The monoisotopic (exact) mass is 378 g/mol. The summed E-state index contributed by atoms with van der Waals surface area (Å²) in [4.78, 5) is 25.1. The molecule has 0 unspecified atom stereocenters. The van der Waals surface area contributed by atoms with Crippen LogP contribution in [0.2, 0.25) is 0 Å². The molecule has 8 heteroatoms. The number of hydrogen-bond donors (Lipinski definition) is 0. The second kappa shape index (κ2) is 6.66. The number of anilines is 1. The van der Waals surface area contributed by atoms with Crippen LogP contribution in [0.15, 0.2) is 29.3 Å². The number of aryl methyl sites for hydroxylation is 1. The van der Waals surface area contributed by atoms with Crippen LogP contribution in [-0.2, 0) is 7.05 Å². The lowest BCUT2D eigenvalue weighted by Crippen LogP contribution is -2.46. The molecule has 1 aliphatic rings. The van der Waals surface area contributed by atoms with Crippen LogP contribution >= 0.6 is 15.9 Å². The highest BCUT2D eigenvalue weighted by molar-refractivity contribution is 9.10. The Hall–Kier alpha value is -1.96. The predicted octanol–water partition coefficient (Wildman–Crippen LogP) is 1.71. The summed E-state index contributed by atoms with van der Waals surface area (Å²) in [7, 11) is 3.68. The first-order valence-corrected chi connectivity index (χ1v) is 8.32. The van der Waals surface area contributed by atoms with Gasteiger partial charge in [-0.05, 0) is 28.8 Å². The largest absolute Gasteiger partial charge is 0.341 e. The molecule has 7 nitrogen and oxygen atoms in total. The summed E-state index contributed by atoms with van der Waals surface area (Å²) in [5.74, 6) is 0.768. The fraction of sp³-hybridized carbons (Fsp3) is 0.467. The molecule has 0 bridgehead atoms. The van der Waals surface area contributed by atoms with E-state index in [-0.39, 0.29) is 11.9 Å². The SMILES string of the molecule is CN(C(=O)c1cnn(C)c1)C1CCN(c2ncc(Br)cn2)CC1. The van der Waals surface area contributed by atoms with Crippen molar-refractivity contribution in [1.29, 1.82) is 0 Å². The molecule has 1 aliphatic heterocycles. The minimum absolute atomic E-state index is 0.0245. The van der Waals surface area contributed by atoms with Crippen molar-refractivity contribution >= 4 is 27.8 Å². The molecule has 0 aliphatic carbocycles. The van der Waals surface area contributed by atoms with Gasteiger partial charge < -0.3 is 9.80 Å². The maximum Gasteiger partial charge on any atom is 0.257 e. The van der Waals surface area contributed by atoms with Gasteiger partial charge in [-0.1, -0.05) is 0 Å². The van der Waals surface area contributed by atoms with Crippen molar-refractivity contribution in [2.75, 3.05) is 25.0 Å². The van der Waals surface area contributed by atoms with E-state index < -0.39 is 0 Å². The van der Waals surface area contributed by atoms with E-state index in [2.05, 4.69) is 35.9 Å². The summed E-state index contributed by atoms with van der Waals surface area (Å²) >= 11 is 3.34. The van der Waals surface area contributed by atoms with Crippen LogP contribution < -0.4 is 4.90 Å². The predicted molar refractivity (Wildman–Crippen MR) is 90.3 cm³/mol. The van der Waals surface area contributed by atoms with Gasteiger partial charge >= 0.3 is 0 Å². The average Bonchev–Trinajstić information content (AvgIpc) is 3.01. The molecule has 0 aromatic carbocycles. The molecule has 3 rings (SSSR count). The Kier molecular flexibility index (Phi) is 4.61. The van der Waals surface area contributed by atoms with E-state index in [9.17, 15) is 4.79 Å². The van der Waals surface area contributed by atoms with Crippen LogP contribution in [0, 0.1) is 0 Å². The number of piperidine rings is 1. The highest BCUT2D eigenvalue weighted by Gasteiger charge is 2.27. The van der Waals surface area contributed by atoms with Crippen LogP contribution in [0.25, 0.3) is 0 Å². The number of amides is 1. The second-order valence-corrected chi connectivity index (χ2v) is 6.65. The smallest absolute Gasteiger partial charge is 0.257 e. The third kappa shape index (κ3) is 3.52. The van der Waals surface area contributed by atoms with Gasteiger partial charge in [0.2, 0.25) is 5.95 Å². The molecule has 3 heterocycles. The maximum atomic E-state index is 12.5. The molecule has 0 N–H and O–H groups in total. The number of nitrogens with zero attached hydrogens (tertiary/aromatic N) is 6. The third-order valence-electron chi connectivity index (χ3n) is 4.17. The first-order valence-electron chi connectivity index (χ1n) is 7.53. The van der Waals surface area contributed by atoms with Crippen molar-refractivity contribution in [1.82, 2.24) is 24.6 Å². The Labute approximate surface area is 143 Å². The van der Waals surface area contributed by atoms with Gasteiger partial charge in [0, 0.05) is 51.8 Å². The van der Waals surface area contributed by atoms with E-state index in [0.29, 0.717) is 5.56 Å². The Balaban J connectivity index is 1.60. The molecule has 23 heavy (non-hydrogen) atoms. The molecule has 1 fully saturated rings. The summed E-state index contributed by atoms with van der Waals surface area (Å²) in [5.41, 5.74) is 0.633. The lowest BCUT2D eigenvalue weighted by atomic mass is 10.0. The Morgan fingerprint density at radius 1 is 1.26 bits per heavy atom. The maximum absolute atomic E-state index is 12.5. The molecule has 0 atom stereocenters. The molecule has 1 saturated heterocycles. The van der Waals surface area contributed by atoms with Crippen LogP contribution in [0.4, 0.5) is 5.95 Å². The molecule has 0 saturated carbocycles. The fourth-order valence-electron chi connectivity index (χ4n) is 2.82. The van der Waals surface area contributed by atoms with E-state index in [0.717, 1.165) is 36.4 Å². The third-order valence-corrected chi connectivity index (χ3v) is 4.58. The van der Waals surface area contributed by atoms with Crippen molar-refractivity contribution < 1.29 is 4.79 Å². The van der Waals surface area contributed by atoms with Crippen molar-refractivity contribution in [3.63, 3.8) is 0 Å². The Morgan fingerprint density at radius 3 is 2.48 bits per heavy atom. The lowest BCUT2D eigenvalue weighted by molar-refractivity contribution is 0.0709. The molecule has 0 radical (unpaired) electrons. The zero-order valence-electron chi connectivity index (χ0n) is 13.2. The van der Waals surface area contributed by atoms with Gasteiger partial charge in [-0.15, -0.1) is 0 Å². The molecular formula is C15H19BrN6O. The van der Waals surface area contributed by atoms with Crippen LogP contribution in [0.5, 0.6) is 0 Å². The summed E-state index contributed by atoms with van der Waals surface area (Å²) < 4.78 is 2.52. The van der Waals surface area contributed by atoms with Crippen LogP contribution in [0.1, 0.15) is 23.2 Å². The Morgan fingerprint density at radius 2 is 1.91 bits per heavy atom. The van der Waals surface area contributed by atoms with Crippen molar-refractivity contribution in [3.05, 3.63) is 34.8 Å². The van der Waals surface area contributed by atoms with Gasteiger partial charge in [0.05, 0.1) is 16.2 Å². The zero-order chi connectivity index (χ0) is 16.4. The minimum Gasteiger partial charge on any atom is -0.341 e. The summed E-state index contributed by atoms with van der Waals surface area (Å²) in [6.45, 7) is 1.69. The van der Waals surface area contributed by atoms with Gasteiger partial charge in [0.25, 0.3) is 5.91 Å². The molecular weight excluding hydrogens is 360 g/mol. The topological polar surface area (TPSA) is 67.2 Å². The van der Waals surface area contributed by atoms with Gasteiger partial charge in [-0.2, -0.15) is 5.10 Å². The van der Waals surface area contributed by atoms with E-state index in [1.165, 1.54) is 0 Å². The normalized spacial score (nSPS) is 15.7. The minimum atomic E-state index is 0.0245. The zero-order valence-corrected chi connectivity index (χ0v) is 14.8. The highest BCUT2D eigenvalue weighted by Crippen LogP contribution is 2.21. The number of rotatable bonds is 3. The van der Waals surface area contributed by atoms with E-state index in [1.54, 1.807) is 29.5 Å². The molecule has 1 amide bonds. The first kappa shape index (κ1) is 15.9. The number of carbonyl (C=O) groups excluding carboxylic acids is 1. The highest BCUT2D eigenvalue weighted by atomic mass is 79.9. The molecule has 0 spiro atoms.